The second kappa shape index (κ2) is 5.49. The summed E-state index contributed by atoms with van der Waals surface area (Å²) in [5, 5.41) is 3.00. The van der Waals surface area contributed by atoms with Crippen molar-refractivity contribution in [2.45, 2.75) is 12.8 Å². The number of carbonyl (C=O) groups excluding carboxylic acids is 1. The summed E-state index contributed by atoms with van der Waals surface area (Å²) >= 11 is 0. The minimum atomic E-state index is 0.121. The Bertz CT molecular complexity index is 389. The zero-order valence-electron chi connectivity index (χ0n) is 9.65. The maximum absolute atomic E-state index is 11.8. The van der Waals surface area contributed by atoms with Crippen molar-refractivity contribution in [3.63, 3.8) is 0 Å². The van der Waals surface area contributed by atoms with Crippen LogP contribution in [0.4, 0.5) is 11.6 Å². The Kier molecular flexibility index (Phi) is 3.77. The molecule has 4 N–H and O–H groups in total. The average Bonchev–Trinajstić information content (AvgIpc) is 2.90. The molecule has 1 aromatic rings. The third kappa shape index (κ3) is 3.07. The Balaban J connectivity index is 1.86. The number of hydrogen-bond donors (Lipinski definition) is 3. The van der Waals surface area contributed by atoms with Crippen molar-refractivity contribution in [2.24, 2.45) is 5.84 Å². The lowest BCUT2D eigenvalue weighted by atomic mass is 10.4. The Morgan fingerprint density at radius 1 is 1.35 bits per heavy atom. The van der Waals surface area contributed by atoms with E-state index < -0.39 is 0 Å². The third-order valence-electron chi connectivity index (χ3n) is 2.78. The fourth-order valence-corrected chi connectivity index (χ4v) is 1.86. The second-order valence-corrected chi connectivity index (χ2v) is 3.99. The highest BCUT2D eigenvalue weighted by Gasteiger charge is 2.17. The molecule has 2 heterocycles. The van der Waals surface area contributed by atoms with Gasteiger partial charge in [-0.3, -0.25) is 4.79 Å². The first kappa shape index (κ1) is 11.7. The first-order valence-electron chi connectivity index (χ1n) is 5.75. The molecule has 92 valence electrons. The Morgan fingerprint density at radius 2 is 2.06 bits per heavy atom. The van der Waals surface area contributed by atoms with E-state index in [1.54, 1.807) is 12.1 Å². The molecule has 0 aliphatic carbocycles. The van der Waals surface area contributed by atoms with Crippen LogP contribution >= 0.6 is 0 Å². The SMILES string of the molecule is NNc1cccc(NCC(=O)N2CCCC2)n1. The molecule has 6 nitrogen and oxygen atoms in total. The van der Waals surface area contributed by atoms with Gasteiger partial charge in [-0.2, -0.15) is 0 Å². The van der Waals surface area contributed by atoms with Crippen LogP contribution in [0.15, 0.2) is 18.2 Å². The van der Waals surface area contributed by atoms with E-state index in [-0.39, 0.29) is 12.5 Å². The molecule has 1 aliphatic rings. The number of carbonyl (C=O) groups is 1. The van der Waals surface area contributed by atoms with Gasteiger partial charge in [0.05, 0.1) is 6.54 Å². The lowest BCUT2D eigenvalue weighted by Crippen LogP contribution is -2.33. The second-order valence-electron chi connectivity index (χ2n) is 3.99. The monoisotopic (exact) mass is 235 g/mol. The minimum Gasteiger partial charge on any atom is -0.361 e. The summed E-state index contributed by atoms with van der Waals surface area (Å²) in [6.07, 6.45) is 2.22. The fraction of sp³-hybridized carbons (Fsp3) is 0.455. The number of anilines is 2. The highest BCUT2D eigenvalue weighted by atomic mass is 16.2. The number of nitrogens with zero attached hydrogens (tertiary/aromatic N) is 2. The summed E-state index contributed by atoms with van der Waals surface area (Å²) in [6, 6.07) is 5.39. The standard InChI is InChI=1S/C11H17N5O/c12-15-10-5-3-4-9(14-10)13-8-11(17)16-6-1-2-7-16/h3-5H,1-2,6-8,12H2,(H2,13,14,15). The zero-order valence-corrected chi connectivity index (χ0v) is 9.65. The van der Waals surface area contributed by atoms with Crippen LogP contribution in [0.2, 0.25) is 0 Å². The van der Waals surface area contributed by atoms with Crippen LogP contribution in [0.1, 0.15) is 12.8 Å². The van der Waals surface area contributed by atoms with Crippen molar-refractivity contribution in [1.29, 1.82) is 0 Å². The number of nitrogens with two attached hydrogens (primary N) is 1. The largest absolute Gasteiger partial charge is 0.361 e. The molecule has 0 atom stereocenters. The lowest BCUT2D eigenvalue weighted by molar-refractivity contribution is -0.128. The van der Waals surface area contributed by atoms with Gasteiger partial charge in [0.2, 0.25) is 5.91 Å². The van der Waals surface area contributed by atoms with Crippen molar-refractivity contribution in [2.75, 3.05) is 30.4 Å². The number of rotatable bonds is 4. The van der Waals surface area contributed by atoms with Crippen molar-refractivity contribution in [3.05, 3.63) is 18.2 Å². The summed E-state index contributed by atoms with van der Waals surface area (Å²) in [4.78, 5) is 17.8. The van der Waals surface area contributed by atoms with Crippen LogP contribution in [-0.4, -0.2) is 35.4 Å². The van der Waals surface area contributed by atoms with Crippen LogP contribution in [0.5, 0.6) is 0 Å². The molecule has 1 fully saturated rings. The summed E-state index contributed by atoms with van der Waals surface area (Å²) in [6.45, 7) is 2.03. The molecule has 1 amide bonds. The van der Waals surface area contributed by atoms with Crippen molar-refractivity contribution >= 4 is 17.5 Å². The van der Waals surface area contributed by atoms with Gasteiger partial charge in [-0.05, 0) is 25.0 Å². The number of amides is 1. The molecule has 0 unspecified atom stereocenters. The molecule has 6 heteroatoms. The van der Waals surface area contributed by atoms with Gasteiger partial charge >= 0.3 is 0 Å². The highest BCUT2D eigenvalue weighted by molar-refractivity contribution is 5.80. The number of hydrogen-bond acceptors (Lipinski definition) is 5. The van der Waals surface area contributed by atoms with Gasteiger partial charge in [-0.1, -0.05) is 6.07 Å². The zero-order chi connectivity index (χ0) is 12.1. The molecule has 0 radical (unpaired) electrons. The van der Waals surface area contributed by atoms with Gasteiger partial charge in [0.15, 0.2) is 0 Å². The quantitative estimate of drug-likeness (QED) is 0.520. The third-order valence-corrected chi connectivity index (χ3v) is 2.78. The van der Waals surface area contributed by atoms with E-state index >= 15 is 0 Å². The predicted molar refractivity (Wildman–Crippen MR) is 66.4 cm³/mol. The molecule has 0 spiro atoms. The van der Waals surface area contributed by atoms with Gasteiger partial charge < -0.3 is 15.6 Å². The number of nitrogen functional groups attached to an aromatic ring is 1. The van der Waals surface area contributed by atoms with Crippen molar-refractivity contribution in [1.82, 2.24) is 9.88 Å². The topological polar surface area (TPSA) is 83.3 Å². The summed E-state index contributed by atoms with van der Waals surface area (Å²) < 4.78 is 0. The number of nitrogens with one attached hydrogen (secondary N) is 2. The van der Waals surface area contributed by atoms with E-state index in [0.717, 1.165) is 25.9 Å². The fourth-order valence-electron chi connectivity index (χ4n) is 1.86. The predicted octanol–water partition coefficient (Wildman–Crippen LogP) is 0.401. The molecule has 0 saturated carbocycles. The Labute approximate surface area is 100 Å². The number of hydrazine groups is 1. The summed E-state index contributed by atoms with van der Waals surface area (Å²) in [5.41, 5.74) is 2.46. The molecule has 1 saturated heterocycles. The van der Waals surface area contributed by atoms with E-state index in [1.807, 2.05) is 11.0 Å². The molecule has 1 aromatic heterocycles. The number of likely N-dealkylation sites (tertiary alicyclic amines) is 1. The van der Waals surface area contributed by atoms with Gasteiger partial charge in [0, 0.05) is 13.1 Å². The lowest BCUT2D eigenvalue weighted by Gasteiger charge is -2.15. The Morgan fingerprint density at radius 3 is 2.76 bits per heavy atom. The molecule has 2 rings (SSSR count). The van der Waals surface area contributed by atoms with E-state index in [1.165, 1.54) is 0 Å². The number of pyridine rings is 1. The maximum Gasteiger partial charge on any atom is 0.241 e. The molecule has 1 aliphatic heterocycles. The van der Waals surface area contributed by atoms with Crippen LogP contribution in [0, 0.1) is 0 Å². The molecular formula is C11H17N5O. The molecular weight excluding hydrogens is 218 g/mol. The van der Waals surface area contributed by atoms with E-state index in [2.05, 4.69) is 15.7 Å². The molecule has 0 aromatic carbocycles. The average molecular weight is 235 g/mol. The van der Waals surface area contributed by atoms with Crippen molar-refractivity contribution in [3.8, 4) is 0 Å². The van der Waals surface area contributed by atoms with Gasteiger partial charge in [0.1, 0.15) is 11.6 Å². The normalized spacial score (nSPS) is 14.8. The van der Waals surface area contributed by atoms with Gasteiger partial charge in [-0.15, -0.1) is 0 Å². The smallest absolute Gasteiger partial charge is 0.241 e. The first-order valence-corrected chi connectivity index (χ1v) is 5.75. The van der Waals surface area contributed by atoms with Gasteiger partial charge in [-0.25, -0.2) is 10.8 Å². The minimum absolute atomic E-state index is 0.121. The maximum atomic E-state index is 11.8. The van der Waals surface area contributed by atoms with E-state index in [0.29, 0.717) is 11.6 Å². The van der Waals surface area contributed by atoms with Crippen LogP contribution in [0.25, 0.3) is 0 Å². The van der Waals surface area contributed by atoms with Crippen LogP contribution in [-0.2, 0) is 4.79 Å². The van der Waals surface area contributed by atoms with E-state index in [9.17, 15) is 4.79 Å². The summed E-state index contributed by atoms with van der Waals surface area (Å²) in [5.74, 6) is 6.60. The molecule has 0 bridgehead atoms. The number of aromatic nitrogens is 1. The van der Waals surface area contributed by atoms with Crippen LogP contribution in [0.3, 0.4) is 0 Å². The first-order chi connectivity index (χ1) is 8.29. The summed E-state index contributed by atoms with van der Waals surface area (Å²) in [7, 11) is 0. The van der Waals surface area contributed by atoms with E-state index in [4.69, 9.17) is 5.84 Å². The van der Waals surface area contributed by atoms with Crippen LogP contribution < -0.4 is 16.6 Å². The molecule has 17 heavy (non-hydrogen) atoms. The van der Waals surface area contributed by atoms with Gasteiger partial charge in [0.25, 0.3) is 0 Å². The highest BCUT2D eigenvalue weighted by Crippen LogP contribution is 2.09. The Hall–Kier alpha value is -1.82. The van der Waals surface area contributed by atoms with Crippen molar-refractivity contribution < 1.29 is 4.79 Å².